The van der Waals surface area contributed by atoms with Gasteiger partial charge in [0.05, 0.1) is 11.5 Å². The van der Waals surface area contributed by atoms with Gasteiger partial charge >= 0.3 is 5.97 Å². The predicted molar refractivity (Wildman–Crippen MR) is 132 cm³/mol. The number of nitrogens with zero attached hydrogens (tertiary/aromatic N) is 1. The van der Waals surface area contributed by atoms with Crippen LogP contribution in [0, 0.1) is 5.92 Å². The lowest BCUT2D eigenvalue weighted by molar-refractivity contribution is -0.122. The SMILES string of the molecule is CCc1ccccc1N1C[C@H](C(=O)Nc2ccc(C(=O)OCC(=O)c3ccccc3)cc2)CC1=O. The first kappa shape index (κ1) is 23.9. The number of esters is 1. The molecule has 1 heterocycles. The van der Waals surface area contributed by atoms with Crippen molar-refractivity contribution in [3.63, 3.8) is 0 Å². The number of amides is 2. The molecule has 7 nitrogen and oxygen atoms in total. The Kier molecular flexibility index (Phi) is 7.35. The molecule has 1 atom stereocenters. The smallest absolute Gasteiger partial charge is 0.338 e. The fraction of sp³-hybridized carbons (Fsp3) is 0.214. The maximum absolute atomic E-state index is 12.8. The lowest BCUT2D eigenvalue weighted by Crippen LogP contribution is -2.28. The van der Waals surface area contributed by atoms with Gasteiger partial charge in [-0.15, -0.1) is 0 Å². The van der Waals surface area contributed by atoms with Crippen molar-refractivity contribution >= 4 is 34.9 Å². The third-order valence-corrected chi connectivity index (χ3v) is 5.98. The van der Waals surface area contributed by atoms with E-state index < -0.39 is 11.9 Å². The number of aryl methyl sites for hydroxylation is 1. The molecule has 35 heavy (non-hydrogen) atoms. The molecule has 1 N–H and O–H groups in total. The van der Waals surface area contributed by atoms with Gasteiger partial charge in [-0.3, -0.25) is 14.4 Å². The summed E-state index contributed by atoms with van der Waals surface area (Å²) in [5, 5.41) is 2.82. The Morgan fingerprint density at radius 2 is 1.60 bits per heavy atom. The first-order chi connectivity index (χ1) is 17.0. The number of carbonyl (C=O) groups is 4. The van der Waals surface area contributed by atoms with E-state index in [2.05, 4.69) is 5.32 Å². The van der Waals surface area contributed by atoms with Crippen LogP contribution >= 0.6 is 0 Å². The van der Waals surface area contributed by atoms with Crippen molar-refractivity contribution in [2.45, 2.75) is 19.8 Å². The molecule has 2 amide bonds. The number of benzene rings is 3. The van der Waals surface area contributed by atoms with Gasteiger partial charge in [-0.2, -0.15) is 0 Å². The van der Waals surface area contributed by atoms with Gasteiger partial charge in [0, 0.05) is 29.9 Å². The van der Waals surface area contributed by atoms with Crippen molar-refractivity contribution in [3.05, 3.63) is 95.6 Å². The molecule has 178 valence electrons. The minimum atomic E-state index is -0.626. The number of para-hydroxylation sites is 1. The quantitative estimate of drug-likeness (QED) is 0.392. The fourth-order valence-corrected chi connectivity index (χ4v) is 4.04. The maximum atomic E-state index is 12.8. The lowest BCUT2D eigenvalue weighted by Gasteiger charge is -2.20. The zero-order valence-corrected chi connectivity index (χ0v) is 19.4. The van der Waals surface area contributed by atoms with E-state index in [0.717, 1.165) is 17.7 Å². The Bertz CT molecular complexity index is 1240. The zero-order chi connectivity index (χ0) is 24.8. The summed E-state index contributed by atoms with van der Waals surface area (Å²) in [5.74, 6) is -1.71. The number of ether oxygens (including phenoxy) is 1. The molecule has 0 radical (unpaired) electrons. The van der Waals surface area contributed by atoms with Crippen LogP contribution in [0.25, 0.3) is 0 Å². The highest BCUT2D eigenvalue weighted by atomic mass is 16.5. The average Bonchev–Trinajstić information content (AvgIpc) is 3.29. The van der Waals surface area contributed by atoms with Crippen molar-refractivity contribution in [2.75, 3.05) is 23.4 Å². The van der Waals surface area contributed by atoms with Crippen molar-refractivity contribution in [2.24, 2.45) is 5.92 Å². The number of anilines is 2. The highest BCUT2D eigenvalue weighted by Gasteiger charge is 2.35. The molecular weight excluding hydrogens is 444 g/mol. The van der Waals surface area contributed by atoms with E-state index >= 15 is 0 Å². The van der Waals surface area contributed by atoms with Gasteiger partial charge in [-0.25, -0.2) is 4.79 Å². The summed E-state index contributed by atoms with van der Waals surface area (Å²) in [7, 11) is 0. The summed E-state index contributed by atoms with van der Waals surface area (Å²) >= 11 is 0. The highest BCUT2D eigenvalue weighted by Crippen LogP contribution is 2.29. The third kappa shape index (κ3) is 5.63. The fourth-order valence-electron chi connectivity index (χ4n) is 4.04. The number of nitrogens with one attached hydrogen (secondary N) is 1. The first-order valence-corrected chi connectivity index (χ1v) is 11.5. The molecule has 0 aliphatic carbocycles. The molecule has 1 saturated heterocycles. The van der Waals surface area contributed by atoms with Gasteiger partial charge < -0.3 is 15.0 Å². The average molecular weight is 471 g/mol. The highest BCUT2D eigenvalue weighted by molar-refractivity contribution is 6.04. The summed E-state index contributed by atoms with van der Waals surface area (Å²) < 4.78 is 5.11. The van der Waals surface area contributed by atoms with E-state index in [4.69, 9.17) is 4.74 Å². The van der Waals surface area contributed by atoms with E-state index in [1.54, 1.807) is 47.4 Å². The van der Waals surface area contributed by atoms with Crippen molar-refractivity contribution in [1.82, 2.24) is 0 Å². The normalized spacial score (nSPS) is 15.1. The molecule has 0 spiro atoms. The molecule has 0 aromatic heterocycles. The van der Waals surface area contributed by atoms with Crippen LogP contribution < -0.4 is 10.2 Å². The second kappa shape index (κ2) is 10.8. The van der Waals surface area contributed by atoms with Crippen LogP contribution in [0.1, 0.15) is 39.6 Å². The largest absolute Gasteiger partial charge is 0.454 e. The van der Waals surface area contributed by atoms with Gasteiger partial charge in [0.2, 0.25) is 11.8 Å². The zero-order valence-electron chi connectivity index (χ0n) is 19.4. The monoisotopic (exact) mass is 470 g/mol. The van der Waals surface area contributed by atoms with E-state index in [-0.39, 0.29) is 36.2 Å². The van der Waals surface area contributed by atoms with Crippen molar-refractivity contribution in [3.8, 4) is 0 Å². The van der Waals surface area contributed by atoms with Crippen molar-refractivity contribution in [1.29, 1.82) is 0 Å². The Morgan fingerprint density at radius 1 is 0.914 bits per heavy atom. The van der Waals surface area contributed by atoms with Gasteiger partial charge in [0.1, 0.15) is 0 Å². The summed E-state index contributed by atoms with van der Waals surface area (Å²) in [6, 6.07) is 22.5. The van der Waals surface area contributed by atoms with E-state index in [0.29, 0.717) is 17.8 Å². The second-order valence-electron chi connectivity index (χ2n) is 8.32. The predicted octanol–water partition coefficient (Wildman–Crippen LogP) is 4.28. The van der Waals surface area contributed by atoms with Crippen LogP contribution in [0.3, 0.4) is 0 Å². The van der Waals surface area contributed by atoms with Gasteiger partial charge in [0.25, 0.3) is 0 Å². The lowest BCUT2D eigenvalue weighted by atomic mass is 10.1. The topological polar surface area (TPSA) is 92.8 Å². The number of hydrogen-bond acceptors (Lipinski definition) is 5. The van der Waals surface area contributed by atoms with E-state index in [1.165, 1.54) is 12.1 Å². The van der Waals surface area contributed by atoms with Crippen LogP contribution in [0.5, 0.6) is 0 Å². The van der Waals surface area contributed by atoms with Gasteiger partial charge in [0.15, 0.2) is 12.4 Å². The number of rotatable bonds is 8. The minimum Gasteiger partial charge on any atom is -0.454 e. The number of carbonyl (C=O) groups excluding carboxylic acids is 4. The summed E-state index contributed by atoms with van der Waals surface area (Å²) in [6.45, 7) is 2.00. The molecule has 0 bridgehead atoms. The third-order valence-electron chi connectivity index (χ3n) is 5.98. The Balaban J connectivity index is 1.32. The van der Waals surface area contributed by atoms with E-state index in [9.17, 15) is 19.2 Å². The summed E-state index contributed by atoms with van der Waals surface area (Å²) in [4.78, 5) is 51.5. The Morgan fingerprint density at radius 3 is 2.31 bits per heavy atom. The van der Waals surface area contributed by atoms with Crippen LogP contribution in [0.4, 0.5) is 11.4 Å². The number of Topliss-reactive ketones (excluding diaryl/α,β-unsaturated/α-hetero) is 1. The Hall–Kier alpha value is -4.26. The van der Waals surface area contributed by atoms with Crippen LogP contribution in [0.2, 0.25) is 0 Å². The minimum absolute atomic E-state index is 0.0748. The van der Waals surface area contributed by atoms with Crippen molar-refractivity contribution < 1.29 is 23.9 Å². The molecule has 1 aliphatic rings. The second-order valence-corrected chi connectivity index (χ2v) is 8.32. The molecule has 4 rings (SSSR count). The molecule has 7 heteroatoms. The van der Waals surface area contributed by atoms with Gasteiger partial charge in [-0.1, -0.05) is 55.5 Å². The molecule has 3 aromatic rings. The van der Waals surface area contributed by atoms with E-state index in [1.807, 2.05) is 31.2 Å². The standard InChI is InChI=1S/C28H26N2O5/c1-2-19-8-6-7-11-24(19)30-17-22(16-26(30)32)27(33)29-23-14-12-21(13-15-23)28(34)35-18-25(31)20-9-4-3-5-10-20/h3-15,22H,2,16-18H2,1H3,(H,29,33)/t22-/m1/s1. The summed E-state index contributed by atoms with van der Waals surface area (Å²) in [5.41, 5.74) is 3.16. The molecule has 3 aromatic carbocycles. The summed E-state index contributed by atoms with van der Waals surface area (Å²) in [6.07, 6.45) is 0.940. The van der Waals surface area contributed by atoms with Crippen LogP contribution in [-0.2, 0) is 20.7 Å². The molecule has 1 fully saturated rings. The van der Waals surface area contributed by atoms with Gasteiger partial charge in [-0.05, 0) is 42.3 Å². The molecule has 0 saturated carbocycles. The molecule has 0 unspecified atom stereocenters. The van der Waals surface area contributed by atoms with Crippen LogP contribution in [0.15, 0.2) is 78.9 Å². The molecular formula is C28H26N2O5. The Labute approximate surface area is 203 Å². The molecule has 1 aliphatic heterocycles. The van der Waals surface area contributed by atoms with Crippen LogP contribution in [-0.4, -0.2) is 36.7 Å². The number of ketones is 1. The maximum Gasteiger partial charge on any atom is 0.338 e. The number of hydrogen-bond donors (Lipinski definition) is 1. The first-order valence-electron chi connectivity index (χ1n) is 11.5.